The van der Waals surface area contributed by atoms with Crippen molar-refractivity contribution in [2.45, 2.75) is 26.0 Å². The molecule has 0 radical (unpaired) electrons. The van der Waals surface area contributed by atoms with Crippen molar-refractivity contribution in [3.8, 4) is 5.75 Å². The average molecular weight is 485 g/mol. The van der Waals surface area contributed by atoms with Crippen LogP contribution < -0.4 is 4.74 Å². The lowest BCUT2D eigenvalue weighted by Crippen LogP contribution is -2.32. The van der Waals surface area contributed by atoms with Gasteiger partial charge in [-0.2, -0.15) is 0 Å². The van der Waals surface area contributed by atoms with Gasteiger partial charge in [0.1, 0.15) is 18.1 Å². The highest BCUT2D eigenvalue weighted by molar-refractivity contribution is 6.46. The SMILES string of the molecule is Cc1cccc(COc2ccc(C(O)=C3C(=O)C(=O)N(CCCN(C)C)[C@H]3c3ccccc3)cc2)c1. The first-order valence-corrected chi connectivity index (χ1v) is 12.1. The van der Waals surface area contributed by atoms with Gasteiger partial charge in [-0.15, -0.1) is 0 Å². The molecule has 1 fully saturated rings. The summed E-state index contributed by atoms with van der Waals surface area (Å²) in [6.07, 6.45) is 0.719. The van der Waals surface area contributed by atoms with E-state index in [0.29, 0.717) is 24.5 Å². The van der Waals surface area contributed by atoms with Crippen molar-refractivity contribution in [3.63, 3.8) is 0 Å². The summed E-state index contributed by atoms with van der Waals surface area (Å²) < 4.78 is 5.89. The molecule has 0 bridgehead atoms. The largest absolute Gasteiger partial charge is 0.507 e. The van der Waals surface area contributed by atoms with Gasteiger partial charge >= 0.3 is 0 Å². The van der Waals surface area contributed by atoms with Crippen molar-refractivity contribution in [1.82, 2.24) is 9.80 Å². The molecule has 1 amide bonds. The second-order valence-electron chi connectivity index (χ2n) is 9.36. The zero-order valence-corrected chi connectivity index (χ0v) is 21.0. The Morgan fingerprint density at radius 3 is 2.36 bits per heavy atom. The van der Waals surface area contributed by atoms with Gasteiger partial charge in [0.15, 0.2) is 0 Å². The Kier molecular flexibility index (Phi) is 7.86. The molecule has 1 saturated heterocycles. The van der Waals surface area contributed by atoms with Gasteiger partial charge in [-0.05, 0) is 69.4 Å². The van der Waals surface area contributed by atoms with Gasteiger partial charge in [0.25, 0.3) is 11.7 Å². The summed E-state index contributed by atoms with van der Waals surface area (Å²) in [7, 11) is 3.94. The number of aliphatic hydroxyl groups is 1. The second kappa shape index (κ2) is 11.2. The molecule has 6 heteroatoms. The van der Waals surface area contributed by atoms with Crippen LogP contribution in [0.25, 0.3) is 5.76 Å². The zero-order chi connectivity index (χ0) is 25.7. The number of amides is 1. The molecular formula is C30H32N2O4. The van der Waals surface area contributed by atoms with Crippen LogP contribution >= 0.6 is 0 Å². The maximum atomic E-state index is 13.1. The van der Waals surface area contributed by atoms with Crippen LogP contribution in [0.4, 0.5) is 0 Å². The fourth-order valence-electron chi connectivity index (χ4n) is 4.48. The first kappa shape index (κ1) is 25.2. The van der Waals surface area contributed by atoms with E-state index < -0.39 is 17.7 Å². The molecule has 0 spiro atoms. The number of carbonyl (C=O) groups is 2. The molecule has 1 atom stereocenters. The lowest BCUT2D eigenvalue weighted by molar-refractivity contribution is -0.139. The molecule has 1 heterocycles. The predicted molar refractivity (Wildman–Crippen MR) is 141 cm³/mol. The molecule has 36 heavy (non-hydrogen) atoms. The number of nitrogens with zero attached hydrogens (tertiary/aromatic N) is 2. The first-order chi connectivity index (χ1) is 17.3. The Balaban J connectivity index is 1.60. The van der Waals surface area contributed by atoms with Gasteiger partial charge in [0.2, 0.25) is 0 Å². The maximum Gasteiger partial charge on any atom is 0.295 e. The number of aliphatic hydroxyl groups excluding tert-OH is 1. The van der Waals surface area contributed by atoms with Crippen molar-refractivity contribution in [3.05, 3.63) is 107 Å². The Hall–Kier alpha value is -3.90. The molecular weight excluding hydrogens is 452 g/mol. The molecule has 6 nitrogen and oxygen atoms in total. The van der Waals surface area contributed by atoms with E-state index in [-0.39, 0.29) is 11.3 Å². The molecule has 1 N–H and O–H groups in total. The van der Waals surface area contributed by atoms with Crippen molar-refractivity contribution in [1.29, 1.82) is 0 Å². The highest BCUT2D eigenvalue weighted by atomic mass is 16.5. The molecule has 0 unspecified atom stereocenters. The number of hydrogen-bond donors (Lipinski definition) is 1. The number of carbonyl (C=O) groups excluding carboxylic acids is 2. The van der Waals surface area contributed by atoms with Gasteiger partial charge in [-0.25, -0.2) is 0 Å². The van der Waals surface area contributed by atoms with E-state index in [1.165, 1.54) is 5.56 Å². The van der Waals surface area contributed by atoms with E-state index in [2.05, 4.69) is 6.07 Å². The molecule has 1 aliphatic rings. The number of benzene rings is 3. The Labute approximate surface area is 212 Å². The fourth-order valence-corrected chi connectivity index (χ4v) is 4.48. The van der Waals surface area contributed by atoms with Crippen LogP contribution in [0.15, 0.2) is 84.4 Å². The molecule has 3 aromatic carbocycles. The lowest BCUT2D eigenvalue weighted by Gasteiger charge is -2.26. The maximum absolute atomic E-state index is 13.1. The zero-order valence-electron chi connectivity index (χ0n) is 21.0. The third kappa shape index (κ3) is 5.66. The average Bonchev–Trinajstić information content (AvgIpc) is 3.13. The van der Waals surface area contributed by atoms with Crippen molar-refractivity contribution in [2.24, 2.45) is 0 Å². The summed E-state index contributed by atoms with van der Waals surface area (Å²) in [6, 6.07) is 23.8. The van der Waals surface area contributed by atoms with Crippen LogP contribution in [0, 0.1) is 6.92 Å². The highest BCUT2D eigenvalue weighted by Gasteiger charge is 2.45. The Morgan fingerprint density at radius 2 is 1.69 bits per heavy atom. The summed E-state index contributed by atoms with van der Waals surface area (Å²) in [4.78, 5) is 29.7. The number of ether oxygens (including phenoxy) is 1. The number of rotatable bonds is 9. The number of hydrogen-bond acceptors (Lipinski definition) is 5. The van der Waals surface area contributed by atoms with Crippen LogP contribution in [-0.4, -0.2) is 53.8 Å². The van der Waals surface area contributed by atoms with Crippen LogP contribution in [-0.2, 0) is 16.2 Å². The molecule has 4 rings (SSSR count). The smallest absolute Gasteiger partial charge is 0.295 e. The van der Waals surface area contributed by atoms with Crippen LogP contribution in [0.2, 0.25) is 0 Å². The molecule has 3 aromatic rings. The standard InChI is InChI=1S/C30H32N2O4/c1-21-9-7-10-22(19-21)20-36-25-15-13-24(14-16-25)28(33)26-27(23-11-5-4-6-12-23)32(30(35)29(26)34)18-8-17-31(2)3/h4-7,9-16,19,27,33H,8,17-18,20H2,1-3H3/t27-/m0/s1. The van der Waals surface area contributed by atoms with Gasteiger partial charge in [0, 0.05) is 12.1 Å². The van der Waals surface area contributed by atoms with Crippen molar-refractivity contribution >= 4 is 17.4 Å². The first-order valence-electron chi connectivity index (χ1n) is 12.1. The number of likely N-dealkylation sites (tertiary alicyclic amines) is 1. The normalized spacial score (nSPS) is 17.1. The topological polar surface area (TPSA) is 70.1 Å². The second-order valence-corrected chi connectivity index (χ2v) is 9.36. The summed E-state index contributed by atoms with van der Waals surface area (Å²) in [6.45, 7) is 3.67. The molecule has 0 saturated carbocycles. The quantitative estimate of drug-likeness (QED) is 0.264. The van der Waals surface area contributed by atoms with Gasteiger partial charge in [-0.1, -0.05) is 60.2 Å². The van der Waals surface area contributed by atoms with E-state index in [9.17, 15) is 14.7 Å². The van der Waals surface area contributed by atoms with Crippen LogP contribution in [0.5, 0.6) is 5.75 Å². The van der Waals surface area contributed by atoms with Crippen molar-refractivity contribution in [2.75, 3.05) is 27.2 Å². The molecule has 186 valence electrons. The van der Waals surface area contributed by atoms with Gasteiger partial charge < -0.3 is 19.6 Å². The summed E-state index contributed by atoms with van der Waals surface area (Å²) >= 11 is 0. The summed E-state index contributed by atoms with van der Waals surface area (Å²) in [5.41, 5.74) is 3.61. The highest BCUT2D eigenvalue weighted by Crippen LogP contribution is 2.39. The Morgan fingerprint density at radius 1 is 0.972 bits per heavy atom. The van der Waals surface area contributed by atoms with E-state index in [1.807, 2.05) is 74.4 Å². The van der Waals surface area contributed by atoms with Crippen molar-refractivity contribution < 1.29 is 19.4 Å². The third-order valence-electron chi connectivity index (χ3n) is 6.28. The summed E-state index contributed by atoms with van der Waals surface area (Å²) in [5, 5.41) is 11.2. The van der Waals surface area contributed by atoms with E-state index in [0.717, 1.165) is 24.1 Å². The number of Topliss-reactive ketones (excluding diaryl/α,β-unsaturated/α-hetero) is 1. The predicted octanol–water partition coefficient (Wildman–Crippen LogP) is 4.95. The summed E-state index contributed by atoms with van der Waals surface area (Å²) in [5.74, 6) is -0.771. The van der Waals surface area contributed by atoms with Crippen LogP contribution in [0.3, 0.4) is 0 Å². The number of ketones is 1. The van der Waals surface area contributed by atoms with Gasteiger partial charge in [-0.3, -0.25) is 9.59 Å². The van der Waals surface area contributed by atoms with Gasteiger partial charge in [0.05, 0.1) is 11.6 Å². The Bertz CT molecular complexity index is 1250. The van der Waals surface area contributed by atoms with E-state index in [1.54, 1.807) is 29.2 Å². The molecule has 0 aliphatic carbocycles. The van der Waals surface area contributed by atoms with E-state index in [4.69, 9.17) is 4.74 Å². The van der Waals surface area contributed by atoms with E-state index >= 15 is 0 Å². The minimum Gasteiger partial charge on any atom is -0.507 e. The fraction of sp³-hybridized carbons (Fsp3) is 0.267. The molecule has 0 aromatic heterocycles. The van der Waals surface area contributed by atoms with Crippen LogP contribution in [0.1, 0.15) is 34.7 Å². The lowest BCUT2D eigenvalue weighted by atomic mass is 9.95. The third-order valence-corrected chi connectivity index (χ3v) is 6.28. The minimum absolute atomic E-state index is 0.115. The number of aryl methyl sites for hydroxylation is 1. The monoisotopic (exact) mass is 484 g/mol. The minimum atomic E-state index is -0.661. The molecule has 1 aliphatic heterocycles.